The monoisotopic (exact) mass is 329 g/mol. The molecule has 0 bridgehead atoms. The average Bonchev–Trinajstić information content (AvgIpc) is 3.03. The van der Waals surface area contributed by atoms with Crippen LogP contribution in [0, 0.1) is 0 Å². The first kappa shape index (κ1) is 16.7. The molecule has 0 aromatic carbocycles. The van der Waals surface area contributed by atoms with Crippen LogP contribution in [0.15, 0.2) is 42.9 Å². The van der Waals surface area contributed by atoms with Gasteiger partial charge in [0.25, 0.3) is 0 Å². The first-order chi connectivity index (χ1) is 11.8. The van der Waals surface area contributed by atoms with E-state index >= 15 is 0 Å². The topological polar surface area (TPSA) is 56.7 Å². The van der Waals surface area contributed by atoms with Gasteiger partial charge in [-0.3, -0.25) is 9.88 Å². The fourth-order valence-electron chi connectivity index (χ4n) is 3.05. The lowest BCUT2D eigenvalue weighted by Crippen LogP contribution is -2.34. The molecule has 0 spiro atoms. The van der Waals surface area contributed by atoms with E-state index in [1.165, 1.54) is 0 Å². The summed E-state index contributed by atoms with van der Waals surface area (Å²) in [7, 11) is 3.41. The molecule has 0 N–H and O–H groups in total. The van der Waals surface area contributed by atoms with Crippen LogP contribution in [0.2, 0.25) is 0 Å². The molecule has 6 nitrogen and oxygen atoms in total. The molecule has 0 amide bonds. The third-order valence-electron chi connectivity index (χ3n) is 4.32. The summed E-state index contributed by atoms with van der Waals surface area (Å²) in [6, 6.07) is 8.05. The lowest BCUT2D eigenvalue weighted by Gasteiger charge is -2.24. The fraction of sp³-hybridized carbons (Fsp3) is 0.444. The molecule has 6 heteroatoms. The van der Waals surface area contributed by atoms with Crippen LogP contribution < -0.4 is 9.47 Å². The van der Waals surface area contributed by atoms with Gasteiger partial charge in [-0.15, -0.1) is 0 Å². The second-order valence-corrected chi connectivity index (χ2v) is 5.85. The van der Waals surface area contributed by atoms with Crippen LogP contribution in [0.4, 0.5) is 0 Å². The number of likely N-dealkylation sites (tertiary alicyclic amines) is 1. The van der Waals surface area contributed by atoms with E-state index in [0.29, 0.717) is 12.5 Å². The maximum absolute atomic E-state index is 5.90. The third kappa shape index (κ3) is 4.01. The predicted molar refractivity (Wildman–Crippen MR) is 90.1 cm³/mol. The molecule has 3 rings (SSSR count). The van der Waals surface area contributed by atoms with E-state index in [1.54, 1.807) is 32.8 Å². The van der Waals surface area contributed by atoms with Crippen molar-refractivity contribution in [3.63, 3.8) is 0 Å². The Morgan fingerprint density at radius 1 is 1.21 bits per heavy atom. The van der Waals surface area contributed by atoms with Gasteiger partial charge in [0, 0.05) is 44.2 Å². The summed E-state index contributed by atoms with van der Waals surface area (Å²) in [5.74, 6) is 1.46. The molecule has 2 aromatic rings. The van der Waals surface area contributed by atoms with Crippen molar-refractivity contribution in [3.05, 3.63) is 48.4 Å². The second kappa shape index (κ2) is 8.08. The van der Waals surface area contributed by atoms with E-state index in [4.69, 9.17) is 14.2 Å². The Hall–Kier alpha value is -2.18. The maximum atomic E-state index is 5.90. The minimum absolute atomic E-state index is 0.218. The number of hydrogen-bond acceptors (Lipinski definition) is 6. The molecule has 1 saturated heterocycles. The van der Waals surface area contributed by atoms with Gasteiger partial charge in [0.2, 0.25) is 5.88 Å². The zero-order chi connectivity index (χ0) is 16.8. The summed E-state index contributed by atoms with van der Waals surface area (Å²) in [4.78, 5) is 10.7. The highest BCUT2D eigenvalue weighted by Gasteiger charge is 2.33. The Labute approximate surface area is 142 Å². The molecule has 2 atom stereocenters. The van der Waals surface area contributed by atoms with Crippen molar-refractivity contribution in [2.24, 2.45) is 0 Å². The average molecular weight is 329 g/mol. The molecule has 0 radical (unpaired) electrons. The normalized spacial score (nSPS) is 20.9. The highest BCUT2D eigenvalue weighted by Crippen LogP contribution is 2.25. The zero-order valence-corrected chi connectivity index (χ0v) is 14.1. The predicted octanol–water partition coefficient (Wildman–Crippen LogP) is 2.15. The summed E-state index contributed by atoms with van der Waals surface area (Å²) in [6.07, 6.45) is 6.38. The van der Waals surface area contributed by atoms with Crippen molar-refractivity contribution in [1.29, 1.82) is 0 Å². The Morgan fingerprint density at radius 3 is 2.83 bits per heavy atom. The van der Waals surface area contributed by atoms with E-state index in [0.717, 1.165) is 30.8 Å². The quantitative estimate of drug-likeness (QED) is 0.776. The highest BCUT2D eigenvalue weighted by molar-refractivity contribution is 5.25. The molecule has 0 saturated carbocycles. The number of pyridine rings is 2. The molecular formula is C18H23N3O3. The molecular weight excluding hydrogens is 306 g/mol. The van der Waals surface area contributed by atoms with E-state index in [9.17, 15) is 0 Å². The number of hydrogen-bond donors (Lipinski definition) is 0. The number of nitrogens with zero attached hydrogens (tertiary/aromatic N) is 3. The van der Waals surface area contributed by atoms with Crippen molar-refractivity contribution < 1.29 is 14.2 Å². The van der Waals surface area contributed by atoms with Gasteiger partial charge in [-0.1, -0.05) is 6.07 Å². The number of rotatable bonds is 7. The molecule has 1 aliphatic rings. The molecule has 3 heterocycles. The highest BCUT2D eigenvalue weighted by atomic mass is 16.5. The van der Waals surface area contributed by atoms with Gasteiger partial charge in [-0.2, -0.15) is 0 Å². The lowest BCUT2D eigenvalue weighted by molar-refractivity contribution is 0.107. The summed E-state index contributed by atoms with van der Waals surface area (Å²) >= 11 is 0. The Balaban J connectivity index is 1.67. The van der Waals surface area contributed by atoms with Crippen LogP contribution in [-0.4, -0.2) is 54.4 Å². The lowest BCUT2D eigenvalue weighted by atomic mass is 10.2. The van der Waals surface area contributed by atoms with Gasteiger partial charge in [0.1, 0.15) is 12.4 Å². The molecule has 128 valence electrons. The standard InChI is InChI=1S/C18H23N3O3/c1-22-17-9-15(13-24-16-6-4-7-19-10-16)21(12-17)11-14-5-3-8-20-18(14)23-2/h3-8,10,15,17H,9,11-13H2,1-2H3/t15-,17+/m0/s1. The van der Waals surface area contributed by atoms with E-state index < -0.39 is 0 Å². The van der Waals surface area contributed by atoms with Gasteiger partial charge in [-0.05, 0) is 24.6 Å². The Bertz CT molecular complexity index is 638. The number of ether oxygens (including phenoxy) is 3. The van der Waals surface area contributed by atoms with Crippen molar-refractivity contribution in [1.82, 2.24) is 14.9 Å². The summed E-state index contributed by atoms with van der Waals surface area (Å²) in [6.45, 7) is 2.24. The van der Waals surface area contributed by atoms with Crippen molar-refractivity contribution in [2.75, 3.05) is 27.4 Å². The minimum atomic E-state index is 0.218. The van der Waals surface area contributed by atoms with E-state index in [2.05, 4.69) is 14.9 Å². The second-order valence-electron chi connectivity index (χ2n) is 5.85. The smallest absolute Gasteiger partial charge is 0.217 e. The molecule has 24 heavy (non-hydrogen) atoms. The first-order valence-corrected chi connectivity index (χ1v) is 8.07. The summed E-state index contributed by atoms with van der Waals surface area (Å²) < 4.78 is 16.8. The first-order valence-electron chi connectivity index (χ1n) is 8.07. The van der Waals surface area contributed by atoms with Crippen LogP contribution in [-0.2, 0) is 11.3 Å². The van der Waals surface area contributed by atoms with Crippen LogP contribution in [0.25, 0.3) is 0 Å². The SMILES string of the molecule is COc1ncccc1CN1C[C@H](OC)C[C@H]1COc1cccnc1. The number of aromatic nitrogens is 2. The van der Waals surface area contributed by atoms with Crippen LogP contribution in [0.3, 0.4) is 0 Å². The zero-order valence-electron chi connectivity index (χ0n) is 14.1. The van der Waals surface area contributed by atoms with Gasteiger partial charge in [-0.25, -0.2) is 4.98 Å². The van der Waals surface area contributed by atoms with Gasteiger partial charge in [0.05, 0.1) is 19.4 Å². The maximum Gasteiger partial charge on any atom is 0.217 e. The van der Waals surface area contributed by atoms with Crippen LogP contribution in [0.5, 0.6) is 11.6 Å². The molecule has 0 unspecified atom stereocenters. The fourth-order valence-corrected chi connectivity index (χ4v) is 3.05. The van der Waals surface area contributed by atoms with E-state index in [1.807, 2.05) is 24.3 Å². The van der Waals surface area contributed by atoms with Crippen LogP contribution in [0.1, 0.15) is 12.0 Å². The Morgan fingerprint density at radius 2 is 2.08 bits per heavy atom. The molecule has 1 fully saturated rings. The minimum Gasteiger partial charge on any atom is -0.490 e. The van der Waals surface area contributed by atoms with Gasteiger partial charge >= 0.3 is 0 Å². The van der Waals surface area contributed by atoms with Crippen LogP contribution >= 0.6 is 0 Å². The number of methoxy groups -OCH3 is 2. The van der Waals surface area contributed by atoms with E-state index in [-0.39, 0.29) is 12.1 Å². The van der Waals surface area contributed by atoms with Crippen molar-refractivity contribution in [2.45, 2.75) is 25.1 Å². The molecule has 2 aromatic heterocycles. The third-order valence-corrected chi connectivity index (χ3v) is 4.32. The largest absolute Gasteiger partial charge is 0.490 e. The van der Waals surface area contributed by atoms with Crippen molar-refractivity contribution >= 4 is 0 Å². The summed E-state index contributed by atoms with van der Waals surface area (Å²) in [5.41, 5.74) is 1.07. The van der Waals surface area contributed by atoms with Gasteiger partial charge < -0.3 is 14.2 Å². The molecule has 0 aliphatic carbocycles. The van der Waals surface area contributed by atoms with Crippen molar-refractivity contribution in [3.8, 4) is 11.6 Å². The van der Waals surface area contributed by atoms with Gasteiger partial charge in [0.15, 0.2) is 0 Å². The summed E-state index contributed by atoms with van der Waals surface area (Å²) in [5, 5.41) is 0. The Kier molecular flexibility index (Phi) is 5.61. The molecule has 1 aliphatic heterocycles.